The molecule has 2 aromatic rings. The van der Waals surface area contributed by atoms with Gasteiger partial charge in [0.1, 0.15) is 0 Å². The molecule has 0 spiro atoms. The van der Waals surface area contributed by atoms with E-state index >= 15 is 0 Å². The molecule has 1 aromatic carbocycles. The van der Waals surface area contributed by atoms with E-state index in [1.165, 1.54) is 11.3 Å². The Kier molecular flexibility index (Phi) is 5.68. The summed E-state index contributed by atoms with van der Waals surface area (Å²) in [5.74, 6) is -0.329. The first-order chi connectivity index (χ1) is 12.6. The fourth-order valence-electron chi connectivity index (χ4n) is 2.97. The Morgan fingerprint density at radius 1 is 1.00 bits per heavy atom. The molecular weight excluding hydrogens is 350 g/mol. The average molecular weight is 371 g/mol. The summed E-state index contributed by atoms with van der Waals surface area (Å²) in [6.07, 6.45) is 0.745. The number of hydrogen-bond donors (Lipinski definition) is 1. The summed E-state index contributed by atoms with van der Waals surface area (Å²) in [4.78, 5) is 40.4. The Morgan fingerprint density at radius 2 is 1.73 bits per heavy atom. The fourth-order valence-corrected chi connectivity index (χ4v) is 3.61. The highest BCUT2D eigenvalue weighted by Crippen LogP contribution is 2.20. The summed E-state index contributed by atoms with van der Waals surface area (Å²) < 4.78 is 0. The van der Waals surface area contributed by atoms with Crippen LogP contribution in [0.2, 0.25) is 0 Å². The molecule has 3 rings (SSSR count). The molecule has 1 saturated heterocycles. The van der Waals surface area contributed by atoms with E-state index < -0.39 is 0 Å². The van der Waals surface area contributed by atoms with Crippen LogP contribution in [0.25, 0.3) is 0 Å². The van der Waals surface area contributed by atoms with Gasteiger partial charge in [-0.25, -0.2) is 0 Å². The Labute approximate surface area is 156 Å². The summed E-state index contributed by atoms with van der Waals surface area (Å²) >= 11 is 1.45. The molecule has 136 valence electrons. The number of para-hydroxylation sites is 1. The number of nitrogens with zero attached hydrogens (tertiary/aromatic N) is 2. The lowest BCUT2D eigenvalue weighted by Crippen LogP contribution is -2.36. The van der Waals surface area contributed by atoms with Crippen molar-refractivity contribution in [1.29, 1.82) is 0 Å². The molecule has 1 aliphatic rings. The van der Waals surface area contributed by atoms with E-state index in [4.69, 9.17) is 0 Å². The van der Waals surface area contributed by atoms with Crippen molar-refractivity contribution in [2.24, 2.45) is 0 Å². The molecule has 1 fully saturated rings. The number of amides is 3. The molecule has 0 saturated carbocycles. The predicted octanol–water partition coefficient (Wildman–Crippen LogP) is 2.69. The van der Waals surface area contributed by atoms with Gasteiger partial charge >= 0.3 is 0 Å². The van der Waals surface area contributed by atoms with Gasteiger partial charge in [0.05, 0.1) is 16.8 Å². The molecule has 3 amide bonds. The maximum atomic E-state index is 13.0. The number of nitrogens with one attached hydrogen (secondary N) is 1. The quantitative estimate of drug-likeness (QED) is 0.902. The molecule has 1 aliphatic heterocycles. The number of benzene rings is 1. The molecule has 1 N–H and O–H groups in total. The Bertz CT molecular complexity index is 804. The molecule has 2 heterocycles. The van der Waals surface area contributed by atoms with E-state index in [0.717, 1.165) is 6.42 Å². The molecule has 1 aromatic heterocycles. The van der Waals surface area contributed by atoms with Crippen LogP contribution in [0, 0.1) is 0 Å². The van der Waals surface area contributed by atoms with Crippen molar-refractivity contribution in [3.05, 3.63) is 52.2 Å². The highest BCUT2D eigenvalue weighted by atomic mass is 32.1. The van der Waals surface area contributed by atoms with Crippen LogP contribution >= 0.6 is 11.3 Å². The lowest BCUT2D eigenvalue weighted by Gasteiger charge is -2.22. The van der Waals surface area contributed by atoms with Crippen LogP contribution in [-0.2, 0) is 4.79 Å². The number of anilines is 1. The van der Waals surface area contributed by atoms with E-state index in [1.54, 1.807) is 52.4 Å². The second-order valence-electron chi connectivity index (χ2n) is 6.16. The van der Waals surface area contributed by atoms with E-state index in [0.29, 0.717) is 43.0 Å². The lowest BCUT2D eigenvalue weighted by molar-refractivity contribution is -0.128. The summed E-state index contributed by atoms with van der Waals surface area (Å²) in [5.41, 5.74) is 1.54. The predicted molar refractivity (Wildman–Crippen MR) is 101 cm³/mol. The van der Waals surface area contributed by atoms with Crippen molar-refractivity contribution < 1.29 is 14.4 Å². The Hall–Kier alpha value is -2.67. The zero-order chi connectivity index (χ0) is 18.5. The van der Waals surface area contributed by atoms with Crippen LogP contribution < -0.4 is 5.32 Å². The van der Waals surface area contributed by atoms with Gasteiger partial charge in [-0.15, -0.1) is 0 Å². The van der Waals surface area contributed by atoms with Crippen molar-refractivity contribution in [2.75, 3.05) is 31.5 Å². The first kappa shape index (κ1) is 18.1. The van der Waals surface area contributed by atoms with Crippen molar-refractivity contribution in [1.82, 2.24) is 9.80 Å². The van der Waals surface area contributed by atoms with E-state index in [1.807, 2.05) is 5.38 Å². The first-order valence-electron chi connectivity index (χ1n) is 8.53. The summed E-state index contributed by atoms with van der Waals surface area (Å²) in [7, 11) is 0. The minimum absolute atomic E-state index is 0.0303. The fraction of sp³-hybridized carbons (Fsp3) is 0.316. The van der Waals surface area contributed by atoms with Crippen LogP contribution in [-0.4, -0.2) is 53.7 Å². The van der Waals surface area contributed by atoms with E-state index in [9.17, 15) is 14.4 Å². The smallest absolute Gasteiger partial charge is 0.256 e. The van der Waals surface area contributed by atoms with E-state index in [2.05, 4.69) is 5.32 Å². The van der Waals surface area contributed by atoms with Gasteiger partial charge in [0.25, 0.3) is 11.8 Å². The third kappa shape index (κ3) is 4.11. The Balaban J connectivity index is 1.75. The zero-order valence-electron chi connectivity index (χ0n) is 14.6. The maximum Gasteiger partial charge on any atom is 0.256 e. The molecule has 0 bridgehead atoms. The standard InChI is InChI=1S/C19H21N3O3S/c1-14(23)21-8-4-9-22(11-10-21)19(25)16-5-2-3-6-17(16)20-18(24)15-7-12-26-13-15/h2-3,5-7,12-13H,4,8-11H2,1H3,(H,20,24). The highest BCUT2D eigenvalue weighted by Gasteiger charge is 2.23. The van der Waals surface area contributed by atoms with Crippen LogP contribution in [0.1, 0.15) is 34.1 Å². The van der Waals surface area contributed by atoms with Crippen molar-refractivity contribution in [3.63, 3.8) is 0 Å². The number of carbonyl (C=O) groups is 3. The number of carbonyl (C=O) groups excluding carboxylic acids is 3. The summed E-state index contributed by atoms with van der Waals surface area (Å²) in [6.45, 7) is 3.83. The summed E-state index contributed by atoms with van der Waals surface area (Å²) in [5, 5.41) is 6.44. The van der Waals surface area contributed by atoms with Crippen molar-refractivity contribution in [2.45, 2.75) is 13.3 Å². The summed E-state index contributed by atoms with van der Waals surface area (Å²) in [6, 6.07) is 8.78. The van der Waals surface area contributed by atoms with E-state index in [-0.39, 0.29) is 17.7 Å². The van der Waals surface area contributed by atoms with Crippen LogP contribution in [0.5, 0.6) is 0 Å². The molecule has 0 unspecified atom stereocenters. The minimum atomic E-state index is -0.231. The average Bonchev–Trinajstić information content (AvgIpc) is 3.06. The number of rotatable bonds is 3. The SMILES string of the molecule is CC(=O)N1CCCN(C(=O)c2ccccc2NC(=O)c2ccsc2)CC1. The number of thiophene rings is 1. The van der Waals surface area contributed by atoms with Gasteiger partial charge in [-0.05, 0) is 30.0 Å². The van der Waals surface area contributed by atoms with Crippen LogP contribution in [0.15, 0.2) is 41.1 Å². The number of hydrogen-bond acceptors (Lipinski definition) is 4. The third-order valence-electron chi connectivity index (χ3n) is 4.42. The van der Waals surface area contributed by atoms with Crippen molar-refractivity contribution in [3.8, 4) is 0 Å². The molecule has 7 heteroatoms. The Morgan fingerprint density at radius 3 is 2.46 bits per heavy atom. The molecule has 0 aliphatic carbocycles. The third-order valence-corrected chi connectivity index (χ3v) is 5.10. The topological polar surface area (TPSA) is 69.7 Å². The highest BCUT2D eigenvalue weighted by molar-refractivity contribution is 7.08. The van der Waals surface area contributed by atoms with Gasteiger partial charge in [-0.3, -0.25) is 14.4 Å². The van der Waals surface area contributed by atoms with Gasteiger partial charge in [0.15, 0.2) is 0 Å². The van der Waals surface area contributed by atoms with Gasteiger partial charge in [0.2, 0.25) is 5.91 Å². The van der Waals surface area contributed by atoms with Gasteiger partial charge < -0.3 is 15.1 Å². The molecular formula is C19H21N3O3S. The molecule has 0 atom stereocenters. The van der Waals surface area contributed by atoms with Crippen molar-refractivity contribution >= 4 is 34.7 Å². The van der Waals surface area contributed by atoms with Crippen LogP contribution in [0.3, 0.4) is 0 Å². The zero-order valence-corrected chi connectivity index (χ0v) is 15.4. The lowest BCUT2D eigenvalue weighted by atomic mass is 10.1. The second-order valence-corrected chi connectivity index (χ2v) is 6.94. The molecule has 6 nitrogen and oxygen atoms in total. The monoisotopic (exact) mass is 371 g/mol. The van der Waals surface area contributed by atoms with Gasteiger partial charge in [0, 0.05) is 38.5 Å². The minimum Gasteiger partial charge on any atom is -0.341 e. The largest absolute Gasteiger partial charge is 0.341 e. The van der Waals surface area contributed by atoms with Gasteiger partial charge in [-0.2, -0.15) is 11.3 Å². The molecule has 26 heavy (non-hydrogen) atoms. The first-order valence-corrected chi connectivity index (χ1v) is 9.48. The molecule has 0 radical (unpaired) electrons. The second kappa shape index (κ2) is 8.14. The maximum absolute atomic E-state index is 13.0. The van der Waals surface area contributed by atoms with Crippen LogP contribution in [0.4, 0.5) is 5.69 Å². The van der Waals surface area contributed by atoms with Gasteiger partial charge in [-0.1, -0.05) is 12.1 Å². The normalized spacial score (nSPS) is 14.7.